The number of carbonyl (C=O) groups is 2. The fourth-order valence-electron chi connectivity index (χ4n) is 1.58. The van der Waals surface area contributed by atoms with Crippen molar-refractivity contribution < 1.29 is 19.4 Å². The molecule has 0 aliphatic rings. The van der Waals surface area contributed by atoms with Crippen LogP contribution in [-0.4, -0.2) is 36.7 Å². The van der Waals surface area contributed by atoms with Gasteiger partial charge < -0.3 is 20.9 Å². The lowest BCUT2D eigenvalue weighted by Gasteiger charge is -2.13. The van der Waals surface area contributed by atoms with Crippen LogP contribution in [0.25, 0.3) is 0 Å². The third-order valence-electron chi connectivity index (χ3n) is 2.58. The van der Waals surface area contributed by atoms with Gasteiger partial charge in [0, 0.05) is 12.8 Å². The molecule has 1 rings (SSSR count). The van der Waals surface area contributed by atoms with Gasteiger partial charge in [0.15, 0.2) is 0 Å². The Morgan fingerprint density at radius 1 is 1.42 bits per heavy atom. The van der Waals surface area contributed by atoms with Crippen LogP contribution < -0.4 is 11.1 Å². The summed E-state index contributed by atoms with van der Waals surface area (Å²) in [5, 5.41) is 11.2. The Bertz CT molecular complexity index is 448. The zero-order chi connectivity index (χ0) is 14.3. The lowest BCUT2D eigenvalue weighted by molar-refractivity contribution is -0.138. The third-order valence-corrected chi connectivity index (χ3v) is 2.58. The van der Waals surface area contributed by atoms with E-state index in [4.69, 9.17) is 15.6 Å². The van der Waals surface area contributed by atoms with E-state index in [-0.39, 0.29) is 0 Å². The molecule has 0 aromatic heterocycles. The van der Waals surface area contributed by atoms with Gasteiger partial charge in [-0.3, -0.25) is 9.59 Å². The molecule has 0 bridgehead atoms. The van der Waals surface area contributed by atoms with Crippen LogP contribution in [0.5, 0.6) is 0 Å². The highest BCUT2D eigenvalue weighted by atomic mass is 16.5. The van der Waals surface area contributed by atoms with E-state index in [1.54, 1.807) is 19.2 Å². The van der Waals surface area contributed by atoms with E-state index in [0.717, 1.165) is 5.56 Å². The maximum absolute atomic E-state index is 11.7. The summed E-state index contributed by atoms with van der Waals surface area (Å²) in [7, 11) is 1.60. The van der Waals surface area contributed by atoms with Gasteiger partial charge in [-0.2, -0.15) is 0 Å². The molecule has 1 aromatic carbocycles. The highest BCUT2D eigenvalue weighted by molar-refractivity contribution is 5.97. The lowest BCUT2D eigenvalue weighted by Crippen LogP contribution is -2.37. The Morgan fingerprint density at radius 2 is 2.11 bits per heavy atom. The molecule has 0 heterocycles. The molecule has 0 aliphatic carbocycles. The molecule has 19 heavy (non-hydrogen) atoms. The Labute approximate surface area is 111 Å². The summed E-state index contributed by atoms with van der Waals surface area (Å²) in [5.74, 6) is -1.61. The number of methoxy groups -OCH3 is 1. The first kappa shape index (κ1) is 15.1. The van der Waals surface area contributed by atoms with Crippen LogP contribution in [0.4, 0.5) is 5.69 Å². The monoisotopic (exact) mass is 266 g/mol. The minimum atomic E-state index is -1.10. The Balaban J connectivity index is 2.70. The van der Waals surface area contributed by atoms with Crippen LogP contribution in [0, 0.1) is 0 Å². The number of ether oxygens (including phenoxy) is 1. The van der Waals surface area contributed by atoms with E-state index < -0.39 is 24.3 Å². The van der Waals surface area contributed by atoms with Crippen molar-refractivity contribution in [2.24, 2.45) is 5.73 Å². The molecular formula is C13H18N2O4. The molecule has 4 N–H and O–H groups in total. The van der Waals surface area contributed by atoms with Gasteiger partial charge in [0.2, 0.25) is 5.91 Å². The van der Waals surface area contributed by atoms with Crippen molar-refractivity contribution in [1.29, 1.82) is 0 Å². The summed E-state index contributed by atoms with van der Waals surface area (Å²) in [6, 6.07) is 6.20. The summed E-state index contributed by atoms with van der Waals surface area (Å²) in [6.45, 7) is 0.536. The molecule has 6 heteroatoms. The van der Waals surface area contributed by atoms with Crippen LogP contribution in [0.3, 0.4) is 0 Å². The van der Waals surface area contributed by atoms with Crippen LogP contribution in [0.15, 0.2) is 24.3 Å². The molecule has 0 fully saturated rings. The first-order valence-corrected chi connectivity index (χ1v) is 5.89. The van der Waals surface area contributed by atoms with E-state index in [1.165, 1.54) is 0 Å². The molecule has 0 aliphatic heterocycles. The first-order valence-electron chi connectivity index (χ1n) is 5.89. The second-order valence-corrected chi connectivity index (χ2v) is 4.09. The number of hydrogen-bond acceptors (Lipinski definition) is 4. The van der Waals surface area contributed by atoms with Gasteiger partial charge in [0.05, 0.1) is 19.1 Å². The van der Waals surface area contributed by atoms with Crippen LogP contribution in [-0.2, 0) is 20.7 Å². The highest BCUT2D eigenvalue weighted by Gasteiger charge is 2.17. The van der Waals surface area contributed by atoms with Crippen LogP contribution >= 0.6 is 0 Å². The number of rotatable bonds is 7. The Morgan fingerprint density at radius 3 is 2.74 bits per heavy atom. The molecular weight excluding hydrogens is 248 g/mol. The number of aliphatic carboxylic acids is 1. The lowest BCUT2D eigenvalue weighted by atomic mass is 10.1. The molecule has 6 nitrogen and oxygen atoms in total. The van der Waals surface area contributed by atoms with Gasteiger partial charge in [-0.1, -0.05) is 18.2 Å². The number of carboxylic acid groups (broad SMARTS) is 1. The molecule has 0 radical (unpaired) electrons. The van der Waals surface area contributed by atoms with E-state index >= 15 is 0 Å². The zero-order valence-corrected chi connectivity index (χ0v) is 10.8. The number of carboxylic acids is 1. The van der Waals surface area contributed by atoms with Gasteiger partial charge in [-0.25, -0.2) is 0 Å². The molecule has 0 spiro atoms. The van der Waals surface area contributed by atoms with Crippen molar-refractivity contribution in [1.82, 2.24) is 0 Å². The number of anilines is 1. The van der Waals surface area contributed by atoms with Gasteiger partial charge in [-0.15, -0.1) is 0 Å². The quantitative estimate of drug-likeness (QED) is 0.671. The number of benzene rings is 1. The fraction of sp³-hybridized carbons (Fsp3) is 0.385. The predicted octanol–water partition coefficient (Wildman–Crippen LogP) is 0.616. The van der Waals surface area contributed by atoms with Gasteiger partial charge >= 0.3 is 5.97 Å². The van der Waals surface area contributed by atoms with Gasteiger partial charge in [0.25, 0.3) is 0 Å². The van der Waals surface area contributed by atoms with E-state index in [0.29, 0.717) is 18.7 Å². The summed E-state index contributed by atoms with van der Waals surface area (Å²) >= 11 is 0. The number of hydrogen-bond donors (Lipinski definition) is 3. The van der Waals surface area contributed by atoms with Crippen LogP contribution in [0.2, 0.25) is 0 Å². The van der Waals surface area contributed by atoms with Crippen molar-refractivity contribution in [3.8, 4) is 0 Å². The van der Waals surface area contributed by atoms with Crippen LogP contribution in [0.1, 0.15) is 12.0 Å². The molecule has 1 amide bonds. The summed E-state index contributed by atoms with van der Waals surface area (Å²) in [5.41, 5.74) is 7.05. The normalized spacial score (nSPS) is 11.9. The maximum Gasteiger partial charge on any atom is 0.305 e. The number of carbonyl (C=O) groups excluding carboxylic acids is 1. The van der Waals surface area contributed by atoms with Crippen molar-refractivity contribution in [2.45, 2.75) is 18.9 Å². The fourth-order valence-corrected chi connectivity index (χ4v) is 1.58. The molecule has 1 aromatic rings. The molecule has 0 saturated carbocycles. The average molecular weight is 266 g/mol. The smallest absolute Gasteiger partial charge is 0.305 e. The average Bonchev–Trinajstić information content (AvgIpc) is 2.36. The molecule has 104 valence electrons. The van der Waals surface area contributed by atoms with Gasteiger partial charge in [0.1, 0.15) is 0 Å². The third kappa shape index (κ3) is 5.07. The molecule has 0 saturated heterocycles. The maximum atomic E-state index is 11.7. The standard InChI is InChI=1S/C13H18N2O4/c1-19-7-6-9-4-2-3-5-11(9)15-13(18)10(14)8-12(16)17/h2-5,10H,6-8,14H2,1H3,(H,15,18)(H,16,17). The van der Waals surface area contributed by atoms with Crippen molar-refractivity contribution >= 4 is 17.6 Å². The topological polar surface area (TPSA) is 102 Å². The minimum absolute atomic E-state index is 0.397. The number of nitrogens with two attached hydrogens (primary N) is 1. The minimum Gasteiger partial charge on any atom is -0.481 e. The first-order chi connectivity index (χ1) is 9.04. The molecule has 1 unspecified atom stereocenters. The second-order valence-electron chi connectivity index (χ2n) is 4.09. The Hall–Kier alpha value is -1.92. The summed E-state index contributed by atoms with van der Waals surface area (Å²) in [4.78, 5) is 22.2. The number of nitrogens with one attached hydrogen (secondary N) is 1. The zero-order valence-electron chi connectivity index (χ0n) is 10.8. The van der Waals surface area contributed by atoms with E-state index in [9.17, 15) is 9.59 Å². The van der Waals surface area contributed by atoms with Crippen molar-refractivity contribution in [3.63, 3.8) is 0 Å². The van der Waals surface area contributed by atoms with Crippen molar-refractivity contribution in [3.05, 3.63) is 29.8 Å². The number of para-hydroxylation sites is 1. The van der Waals surface area contributed by atoms with E-state index in [2.05, 4.69) is 5.32 Å². The van der Waals surface area contributed by atoms with Gasteiger partial charge in [-0.05, 0) is 18.1 Å². The predicted molar refractivity (Wildman–Crippen MR) is 70.9 cm³/mol. The largest absolute Gasteiger partial charge is 0.481 e. The highest BCUT2D eigenvalue weighted by Crippen LogP contribution is 2.16. The van der Waals surface area contributed by atoms with E-state index in [1.807, 2.05) is 12.1 Å². The Kier molecular flexibility index (Phi) is 5.98. The summed E-state index contributed by atoms with van der Waals surface area (Å²) in [6.07, 6.45) is 0.257. The molecule has 1 atom stereocenters. The number of amides is 1. The summed E-state index contributed by atoms with van der Waals surface area (Å²) < 4.78 is 4.99. The second kappa shape index (κ2) is 7.50. The van der Waals surface area contributed by atoms with Crippen molar-refractivity contribution in [2.75, 3.05) is 19.0 Å². The SMILES string of the molecule is COCCc1ccccc1NC(=O)C(N)CC(=O)O.